The molecule has 40 heavy (non-hydrogen) atoms. The number of hydrogen-bond donors (Lipinski definition) is 5. The van der Waals surface area contributed by atoms with E-state index in [-0.39, 0.29) is 65.3 Å². The Morgan fingerprint density at radius 1 is 0.825 bits per heavy atom. The Morgan fingerprint density at radius 2 is 1.45 bits per heavy atom. The Morgan fingerprint density at radius 3 is 2.05 bits per heavy atom. The van der Waals surface area contributed by atoms with Crippen molar-refractivity contribution in [2.75, 3.05) is 18.5 Å². The number of aliphatic carboxylic acids is 1. The summed E-state index contributed by atoms with van der Waals surface area (Å²) in [5.41, 5.74) is 1.76. The van der Waals surface area contributed by atoms with Gasteiger partial charge in [0.2, 0.25) is 0 Å². The van der Waals surface area contributed by atoms with E-state index >= 15 is 0 Å². The molecule has 0 aliphatic rings. The quantitative estimate of drug-likeness (QED) is 0.138. The molecular formula is C28H28Cl3NO8. The van der Waals surface area contributed by atoms with Gasteiger partial charge in [-0.05, 0) is 54.4 Å². The number of aromatic carboxylic acids is 1. The lowest BCUT2D eigenvalue weighted by molar-refractivity contribution is -0.136. The summed E-state index contributed by atoms with van der Waals surface area (Å²) in [6.07, 6.45) is -1.78. The number of carboxylic acid groups (broad SMARTS) is 2. The second kappa shape index (κ2) is 15.0. The molecule has 3 aromatic carbocycles. The molecule has 0 bridgehead atoms. The Kier molecular flexibility index (Phi) is 11.7. The van der Waals surface area contributed by atoms with Gasteiger partial charge in [0.05, 0.1) is 51.7 Å². The number of halogens is 3. The molecule has 3 aromatic rings. The van der Waals surface area contributed by atoms with Crippen molar-refractivity contribution >= 4 is 58.1 Å². The van der Waals surface area contributed by atoms with E-state index in [1.807, 2.05) is 0 Å². The minimum absolute atomic E-state index is 0.0261. The van der Waals surface area contributed by atoms with E-state index in [1.165, 1.54) is 6.07 Å². The molecule has 0 fully saturated rings. The lowest BCUT2D eigenvalue weighted by Crippen LogP contribution is -2.29. The van der Waals surface area contributed by atoms with E-state index in [4.69, 9.17) is 49.4 Å². The first-order valence-corrected chi connectivity index (χ1v) is 13.4. The average molecular weight is 613 g/mol. The zero-order valence-corrected chi connectivity index (χ0v) is 23.4. The van der Waals surface area contributed by atoms with Gasteiger partial charge in [-0.2, -0.15) is 0 Å². The lowest BCUT2D eigenvalue weighted by atomic mass is 10.1. The van der Waals surface area contributed by atoms with Gasteiger partial charge >= 0.3 is 11.9 Å². The monoisotopic (exact) mass is 611 g/mol. The first-order valence-electron chi connectivity index (χ1n) is 12.3. The maximum Gasteiger partial charge on any atom is 0.337 e. The molecule has 0 aliphatic heterocycles. The molecule has 0 unspecified atom stereocenters. The summed E-state index contributed by atoms with van der Waals surface area (Å²) >= 11 is 18.7. The third-order valence-electron chi connectivity index (χ3n) is 5.83. The van der Waals surface area contributed by atoms with Crippen LogP contribution in [0.2, 0.25) is 15.1 Å². The topological polar surface area (TPSA) is 146 Å². The number of carboxylic acids is 2. The van der Waals surface area contributed by atoms with Crippen molar-refractivity contribution in [3.05, 3.63) is 80.8 Å². The number of rotatable bonds is 15. The molecule has 0 saturated heterocycles. The molecule has 0 spiro atoms. The van der Waals surface area contributed by atoms with Crippen molar-refractivity contribution in [1.82, 2.24) is 0 Å². The number of nitrogens with one attached hydrogen (secondary N) is 1. The normalized spacial score (nSPS) is 12.4. The molecule has 0 amide bonds. The Labute approximate surface area is 245 Å². The zero-order valence-electron chi connectivity index (χ0n) is 21.1. The Balaban J connectivity index is 1.44. The van der Waals surface area contributed by atoms with Crippen LogP contribution in [0.25, 0.3) is 0 Å². The fourth-order valence-electron chi connectivity index (χ4n) is 3.73. The SMILES string of the molecule is O=C(O)CCc1cc(Cl)c(OCC[C@@H](O)[C@H](O)CCOc2ccc(Nc3ccccc3C(=O)O)cc2Cl)c(Cl)c1. The highest BCUT2D eigenvalue weighted by Gasteiger charge is 2.18. The van der Waals surface area contributed by atoms with E-state index in [1.54, 1.807) is 48.5 Å². The van der Waals surface area contributed by atoms with Gasteiger partial charge in [-0.3, -0.25) is 4.79 Å². The van der Waals surface area contributed by atoms with Gasteiger partial charge in [0.15, 0.2) is 5.75 Å². The van der Waals surface area contributed by atoms with Crippen molar-refractivity contribution in [3.63, 3.8) is 0 Å². The molecule has 0 aromatic heterocycles. The number of aliphatic hydroxyl groups excluding tert-OH is 2. The summed E-state index contributed by atoms with van der Waals surface area (Å²) in [5.74, 6) is -1.41. The van der Waals surface area contributed by atoms with Crippen LogP contribution in [-0.2, 0) is 11.2 Å². The fourth-order valence-corrected chi connectivity index (χ4v) is 4.61. The molecule has 0 saturated carbocycles. The maximum absolute atomic E-state index is 11.4. The minimum Gasteiger partial charge on any atom is -0.492 e. The third-order valence-corrected chi connectivity index (χ3v) is 6.69. The van der Waals surface area contributed by atoms with Crippen molar-refractivity contribution in [1.29, 1.82) is 0 Å². The Bertz CT molecular complexity index is 1310. The van der Waals surface area contributed by atoms with Gasteiger partial charge in [0.1, 0.15) is 5.75 Å². The highest BCUT2D eigenvalue weighted by molar-refractivity contribution is 6.37. The van der Waals surface area contributed by atoms with Gasteiger partial charge in [-0.25, -0.2) is 4.79 Å². The second-order valence-electron chi connectivity index (χ2n) is 8.81. The first kappa shape index (κ1) is 31.3. The van der Waals surface area contributed by atoms with Crippen molar-refractivity contribution in [3.8, 4) is 11.5 Å². The summed E-state index contributed by atoms with van der Waals surface area (Å²) in [6, 6.07) is 14.5. The molecule has 0 aliphatic carbocycles. The number of aryl methyl sites for hydroxylation is 1. The van der Waals surface area contributed by atoms with Gasteiger partial charge in [-0.1, -0.05) is 46.9 Å². The van der Waals surface area contributed by atoms with E-state index < -0.39 is 24.1 Å². The number of anilines is 2. The summed E-state index contributed by atoms with van der Waals surface area (Å²) in [7, 11) is 0. The molecule has 9 nitrogen and oxygen atoms in total. The highest BCUT2D eigenvalue weighted by atomic mass is 35.5. The van der Waals surface area contributed by atoms with Crippen LogP contribution in [-0.4, -0.2) is 57.8 Å². The van der Waals surface area contributed by atoms with Crippen LogP contribution in [0, 0.1) is 0 Å². The van der Waals surface area contributed by atoms with Gasteiger partial charge in [0, 0.05) is 24.9 Å². The molecule has 2 atom stereocenters. The van der Waals surface area contributed by atoms with Gasteiger partial charge in [0.25, 0.3) is 0 Å². The van der Waals surface area contributed by atoms with Crippen LogP contribution in [0.3, 0.4) is 0 Å². The maximum atomic E-state index is 11.4. The number of para-hydroxylation sites is 1. The van der Waals surface area contributed by atoms with Crippen LogP contribution < -0.4 is 14.8 Å². The summed E-state index contributed by atoms with van der Waals surface area (Å²) in [6.45, 7) is 0.0984. The average Bonchev–Trinajstić information content (AvgIpc) is 2.90. The van der Waals surface area contributed by atoms with Crippen molar-refractivity contribution in [2.24, 2.45) is 0 Å². The number of aliphatic hydroxyl groups is 2. The minimum atomic E-state index is -1.10. The van der Waals surface area contributed by atoms with Gasteiger partial charge in [-0.15, -0.1) is 0 Å². The van der Waals surface area contributed by atoms with Crippen LogP contribution in [0.1, 0.15) is 35.2 Å². The largest absolute Gasteiger partial charge is 0.492 e. The lowest BCUT2D eigenvalue weighted by Gasteiger charge is -2.19. The van der Waals surface area contributed by atoms with E-state index in [0.717, 1.165) is 0 Å². The molecular weight excluding hydrogens is 585 g/mol. The number of carbonyl (C=O) groups is 2. The molecule has 3 rings (SSSR count). The standard InChI is InChI=1S/C28H28Cl3NO8/c29-19-15-17(32-22-4-2-1-3-18(22)28(37)38)6-7-25(19)39-11-9-23(33)24(34)10-12-40-27-20(30)13-16(14-21(27)31)5-8-26(35)36/h1-4,6-7,13-15,23-24,32-34H,5,8-12H2,(H,35,36)(H,37,38)/t23-,24-/m1/s1. The predicted molar refractivity (Wildman–Crippen MR) is 153 cm³/mol. The first-order chi connectivity index (χ1) is 19.0. The zero-order chi connectivity index (χ0) is 29.2. The fraction of sp³-hybridized carbons (Fsp3) is 0.286. The molecule has 214 valence electrons. The smallest absolute Gasteiger partial charge is 0.337 e. The van der Waals surface area contributed by atoms with E-state index in [0.29, 0.717) is 22.7 Å². The third kappa shape index (κ3) is 9.18. The van der Waals surface area contributed by atoms with E-state index in [2.05, 4.69) is 5.32 Å². The Hall–Kier alpha value is -3.21. The summed E-state index contributed by atoms with van der Waals surface area (Å²) in [4.78, 5) is 22.1. The predicted octanol–water partition coefficient (Wildman–Crippen LogP) is 6.07. The van der Waals surface area contributed by atoms with Crippen LogP contribution in [0.4, 0.5) is 11.4 Å². The molecule has 0 radical (unpaired) electrons. The van der Waals surface area contributed by atoms with Gasteiger partial charge < -0.3 is 35.2 Å². The van der Waals surface area contributed by atoms with Crippen LogP contribution >= 0.6 is 34.8 Å². The molecule has 0 heterocycles. The second-order valence-corrected chi connectivity index (χ2v) is 10.0. The molecule has 12 heteroatoms. The number of ether oxygens (including phenoxy) is 2. The molecule has 5 N–H and O–H groups in total. The van der Waals surface area contributed by atoms with Crippen molar-refractivity contribution < 1.29 is 39.5 Å². The number of benzene rings is 3. The summed E-state index contributed by atoms with van der Waals surface area (Å²) < 4.78 is 11.2. The number of hydrogen-bond acceptors (Lipinski definition) is 7. The van der Waals surface area contributed by atoms with E-state index in [9.17, 15) is 24.9 Å². The van der Waals surface area contributed by atoms with Crippen molar-refractivity contribution in [2.45, 2.75) is 37.9 Å². The highest BCUT2D eigenvalue weighted by Crippen LogP contribution is 2.35. The van der Waals surface area contributed by atoms with Crippen LogP contribution in [0.5, 0.6) is 11.5 Å². The van der Waals surface area contributed by atoms with Crippen LogP contribution in [0.15, 0.2) is 54.6 Å². The summed E-state index contributed by atoms with van der Waals surface area (Å²) in [5, 5.41) is 42.5.